The Balaban J connectivity index is 1.36. The van der Waals surface area contributed by atoms with Gasteiger partial charge in [-0.1, -0.05) is 30.3 Å². The molecule has 202 valence electrons. The molecule has 39 heavy (non-hydrogen) atoms. The Morgan fingerprint density at radius 3 is 2.64 bits per heavy atom. The molecule has 1 fully saturated rings. The molecule has 13 nitrogen and oxygen atoms in total. The Hall–Kier alpha value is -4.65. The average molecular weight is 532 g/mol. The van der Waals surface area contributed by atoms with E-state index in [9.17, 15) is 9.59 Å². The van der Waals surface area contributed by atoms with Gasteiger partial charge < -0.3 is 24.6 Å². The predicted octanol–water partition coefficient (Wildman–Crippen LogP) is 2.67. The predicted molar refractivity (Wildman–Crippen MR) is 143 cm³/mol. The van der Waals surface area contributed by atoms with Gasteiger partial charge in [-0.3, -0.25) is 9.48 Å². The number of ether oxygens (including phenoxy) is 2. The van der Waals surface area contributed by atoms with Gasteiger partial charge in [-0.05, 0) is 18.6 Å². The molecule has 1 aliphatic rings. The van der Waals surface area contributed by atoms with Crippen molar-refractivity contribution in [3.05, 3.63) is 60.2 Å². The molecule has 4 heterocycles. The van der Waals surface area contributed by atoms with Gasteiger partial charge in [0.05, 0.1) is 13.2 Å². The van der Waals surface area contributed by atoms with Crippen LogP contribution in [0.3, 0.4) is 0 Å². The third-order valence-corrected chi connectivity index (χ3v) is 6.22. The molecule has 4 aromatic rings. The van der Waals surface area contributed by atoms with Crippen LogP contribution in [0.1, 0.15) is 23.0 Å². The van der Waals surface area contributed by atoms with Gasteiger partial charge in [0.25, 0.3) is 0 Å². The first-order chi connectivity index (χ1) is 19.2. The summed E-state index contributed by atoms with van der Waals surface area (Å²) in [5.41, 5.74) is 2.14. The maximum Gasteiger partial charge on any atom is 0.410 e. The highest BCUT2D eigenvalue weighted by Gasteiger charge is 2.26. The van der Waals surface area contributed by atoms with Gasteiger partial charge in [0.15, 0.2) is 17.8 Å². The summed E-state index contributed by atoms with van der Waals surface area (Å²) in [6.45, 7) is 5.42. The molecular formula is C26H29N9O4. The van der Waals surface area contributed by atoms with Crippen LogP contribution < -0.4 is 10.2 Å². The lowest BCUT2D eigenvalue weighted by atomic mass is 10.2. The number of rotatable bonds is 10. The van der Waals surface area contributed by atoms with Crippen LogP contribution >= 0.6 is 0 Å². The van der Waals surface area contributed by atoms with E-state index >= 15 is 0 Å². The lowest BCUT2D eigenvalue weighted by molar-refractivity contribution is 0.0940. The number of carbonyl (C=O) groups is 2. The number of hydrogen-bond donors (Lipinski definition) is 1. The Morgan fingerprint density at radius 2 is 1.92 bits per heavy atom. The summed E-state index contributed by atoms with van der Waals surface area (Å²) in [5, 5.41) is 7.68. The molecule has 0 aliphatic carbocycles. The number of fused-ring (bicyclic) bond motifs is 1. The molecule has 1 saturated heterocycles. The second kappa shape index (κ2) is 12.3. The zero-order valence-corrected chi connectivity index (χ0v) is 21.6. The van der Waals surface area contributed by atoms with E-state index in [-0.39, 0.29) is 18.4 Å². The molecule has 0 radical (unpaired) electrons. The monoisotopic (exact) mass is 531 g/mol. The second-order valence-electron chi connectivity index (χ2n) is 8.73. The van der Waals surface area contributed by atoms with Crippen molar-refractivity contribution in [1.29, 1.82) is 0 Å². The van der Waals surface area contributed by atoms with Crippen LogP contribution in [-0.4, -0.2) is 86.4 Å². The zero-order valence-electron chi connectivity index (χ0n) is 21.6. The summed E-state index contributed by atoms with van der Waals surface area (Å²) >= 11 is 0. The first-order valence-electron chi connectivity index (χ1n) is 12.7. The third kappa shape index (κ3) is 6.09. The number of anilines is 3. The van der Waals surface area contributed by atoms with Crippen LogP contribution in [0.2, 0.25) is 0 Å². The van der Waals surface area contributed by atoms with Gasteiger partial charge >= 0.3 is 6.09 Å². The molecule has 1 N–H and O–H groups in total. The lowest BCUT2D eigenvalue weighted by Crippen LogP contribution is -2.49. The van der Waals surface area contributed by atoms with Crippen molar-refractivity contribution < 1.29 is 19.1 Å². The number of nitrogens with one attached hydrogen (secondary N) is 1. The topological polar surface area (TPSA) is 140 Å². The third-order valence-electron chi connectivity index (χ3n) is 6.22. The van der Waals surface area contributed by atoms with Crippen LogP contribution in [0.4, 0.5) is 22.4 Å². The van der Waals surface area contributed by atoms with Gasteiger partial charge in [0.2, 0.25) is 5.95 Å². The summed E-state index contributed by atoms with van der Waals surface area (Å²) in [4.78, 5) is 45.9. The molecule has 0 unspecified atom stereocenters. The number of carbonyl (C=O) groups excluding carboxylic acids is 2. The molecule has 5 rings (SSSR count). The minimum Gasteiger partial charge on any atom is -0.445 e. The summed E-state index contributed by atoms with van der Waals surface area (Å²) in [6.07, 6.45) is 3.38. The normalized spacial score (nSPS) is 13.5. The van der Waals surface area contributed by atoms with Crippen LogP contribution in [0.25, 0.3) is 11.0 Å². The summed E-state index contributed by atoms with van der Waals surface area (Å²) in [5.74, 6) is 1.41. The van der Waals surface area contributed by atoms with Crippen molar-refractivity contribution in [2.24, 2.45) is 0 Å². The van der Waals surface area contributed by atoms with E-state index in [4.69, 9.17) is 19.4 Å². The molecular weight excluding hydrogens is 502 g/mol. The van der Waals surface area contributed by atoms with Crippen LogP contribution in [0, 0.1) is 0 Å². The Kier molecular flexibility index (Phi) is 8.17. The molecule has 3 aromatic heterocycles. The minimum atomic E-state index is -0.361. The van der Waals surface area contributed by atoms with Crippen molar-refractivity contribution in [2.75, 3.05) is 49.6 Å². The first kappa shape index (κ1) is 26.0. The number of piperazine rings is 1. The zero-order chi connectivity index (χ0) is 27.0. The van der Waals surface area contributed by atoms with E-state index in [1.807, 2.05) is 42.2 Å². The van der Waals surface area contributed by atoms with Crippen LogP contribution in [0.5, 0.6) is 0 Å². The second-order valence-corrected chi connectivity index (χ2v) is 8.73. The highest BCUT2D eigenvalue weighted by Crippen LogP contribution is 2.28. The summed E-state index contributed by atoms with van der Waals surface area (Å²) in [7, 11) is 0. The van der Waals surface area contributed by atoms with Crippen LogP contribution in [0.15, 0.2) is 48.9 Å². The van der Waals surface area contributed by atoms with E-state index in [0.717, 1.165) is 5.56 Å². The lowest BCUT2D eigenvalue weighted by Gasteiger charge is -2.34. The summed E-state index contributed by atoms with van der Waals surface area (Å²) in [6, 6.07) is 11.3. The Labute approximate surface area is 224 Å². The van der Waals surface area contributed by atoms with Gasteiger partial charge in [-0.25, -0.2) is 19.7 Å². The van der Waals surface area contributed by atoms with Gasteiger partial charge in [-0.2, -0.15) is 10.1 Å². The van der Waals surface area contributed by atoms with E-state index in [2.05, 4.69) is 20.4 Å². The number of aromatic nitrogens is 6. The fourth-order valence-electron chi connectivity index (χ4n) is 4.24. The van der Waals surface area contributed by atoms with Crippen molar-refractivity contribution in [3.8, 4) is 0 Å². The van der Waals surface area contributed by atoms with Crippen molar-refractivity contribution >= 4 is 41.0 Å². The number of benzene rings is 1. The Morgan fingerprint density at radius 1 is 1.10 bits per heavy atom. The van der Waals surface area contributed by atoms with E-state index in [0.29, 0.717) is 80.8 Å². The average Bonchev–Trinajstić information content (AvgIpc) is 3.35. The fourth-order valence-corrected chi connectivity index (χ4v) is 4.24. The molecule has 1 aromatic carbocycles. The number of nitrogens with zero attached hydrogens (tertiary/aromatic N) is 8. The molecule has 13 heteroatoms. The quantitative estimate of drug-likeness (QED) is 0.238. The highest BCUT2D eigenvalue weighted by molar-refractivity contribution is 5.98. The van der Waals surface area contributed by atoms with Gasteiger partial charge in [0, 0.05) is 39.0 Å². The molecule has 0 saturated carbocycles. The van der Waals surface area contributed by atoms with Crippen molar-refractivity contribution in [1.82, 2.24) is 34.6 Å². The number of aldehydes is 1. The molecule has 1 aliphatic heterocycles. The van der Waals surface area contributed by atoms with Crippen LogP contribution in [-0.2, 0) is 22.6 Å². The molecule has 1 amide bonds. The maximum atomic E-state index is 12.6. The largest absolute Gasteiger partial charge is 0.445 e. The minimum absolute atomic E-state index is 0.207. The van der Waals surface area contributed by atoms with E-state index < -0.39 is 0 Å². The Bertz CT molecular complexity index is 1410. The fraction of sp³-hybridized carbons (Fsp3) is 0.346. The highest BCUT2D eigenvalue weighted by atomic mass is 16.6. The van der Waals surface area contributed by atoms with Gasteiger partial charge in [-0.15, -0.1) is 0 Å². The number of amides is 1. The van der Waals surface area contributed by atoms with E-state index in [1.165, 1.54) is 6.33 Å². The molecule has 0 spiro atoms. The SMILES string of the molecule is CCOCCn1nc(C=O)c2nc(N3CCN(C(=O)OCc4ccccc4)CC3)nc(Nc3ccncn3)c21. The van der Waals surface area contributed by atoms with Crippen molar-refractivity contribution in [2.45, 2.75) is 20.1 Å². The molecule has 0 bridgehead atoms. The first-order valence-corrected chi connectivity index (χ1v) is 12.7. The van der Waals surface area contributed by atoms with Crippen molar-refractivity contribution in [3.63, 3.8) is 0 Å². The molecule has 0 atom stereocenters. The maximum absolute atomic E-state index is 12.6. The van der Waals surface area contributed by atoms with E-state index in [1.54, 1.807) is 21.8 Å². The van der Waals surface area contributed by atoms with Gasteiger partial charge in [0.1, 0.15) is 29.8 Å². The summed E-state index contributed by atoms with van der Waals surface area (Å²) < 4.78 is 12.6. The smallest absolute Gasteiger partial charge is 0.410 e. The number of hydrogen-bond acceptors (Lipinski definition) is 11. The standard InChI is InChI=1S/C26H29N9O4/c1-2-38-15-14-35-23-22(20(16-36)32-35)30-25(31-24(23)29-21-8-9-27-18-28-21)33-10-12-34(13-11-33)26(37)39-17-19-6-4-3-5-7-19/h3-9,16,18H,2,10-15,17H2,1H3,(H,27,28,29,30,31).